The maximum absolute atomic E-state index is 14.1. The fraction of sp³-hybridized carbons (Fsp3) is 0.300. The van der Waals surface area contributed by atoms with Crippen molar-refractivity contribution >= 4 is 48.5 Å². The van der Waals surface area contributed by atoms with E-state index in [4.69, 9.17) is 4.74 Å². The van der Waals surface area contributed by atoms with E-state index in [-0.39, 0.29) is 11.4 Å². The van der Waals surface area contributed by atoms with Gasteiger partial charge >= 0.3 is 0 Å². The molecule has 0 aliphatic carbocycles. The maximum Gasteiger partial charge on any atom is 0.260 e. The third-order valence-electron chi connectivity index (χ3n) is 4.71. The van der Waals surface area contributed by atoms with Gasteiger partial charge in [-0.05, 0) is 30.3 Å². The fourth-order valence-corrected chi connectivity index (χ4v) is 4.45. The second-order valence-corrected chi connectivity index (χ2v) is 8.57. The molecule has 0 N–H and O–H groups in total. The number of benzene rings is 2. The molecule has 5 nitrogen and oxygen atoms in total. The van der Waals surface area contributed by atoms with Crippen LogP contribution >= 0.6 is 27.3 Å². The first kappa shape index (κ1) is 20.3. The molecule has 0 atom stereocenters. The molecule has 0 radical (unpaired) electrons. The summed E-state index contributed by atoms with van der Waals surface area (Å²) in [5, 5.41) is 0.352. The maximum atomic E-state index is 14.1. The number of morpholine rings is 1. The van der Waals surface area contributed by atoms with Gasteiger partial charge in [-0.15, -0.1) is 0 Å². The van der Waals surface area contributed by atoms with Crippen molar-refractivity contribution in [1.82, 2.24) is 9.88 Å². The Bertz CT molecular complexity index is 1020. The number of halogens is 3. The average molecular weight is 482 g/mol. The molecule has 0 unspecified atom stereocenters. The first-order valence-corrected chi connectivity index (χ1v) is 10.8. The van der Waals surface area contributed by atoms with Crippen molar-refractivity contribution in [1.29, 1.82) is 0 Å². The molecule has 0 bridgehead atoms. The van der Waals surface area contributed by atoms with Crippen LogP contribution in [0.3, 0.4) is 0 Å². The van der Waals surface area contributed by atoms with Crippen molar-refractivity contribution in [3.05, 3.63) is 58.1 Å². The molecule has 1 amide bonds. The van der Waals surface area contributed by atoms with E-state index in [1.165, 1.54) is 6.07 Å². The van der Waals surface area contributed by atoms with Crippen molar-refractivity contribution in [2.45, 2.75) is 0 Å². The molecule has 0 saturated carbocycles. The molecule has 2 heterocycles. The van der Waals surface area contributed by atoms with Crippen molar-refractivity contribution in [3.8, 4) is 0 Å². The van der Waals surface area contributed by atoms with Crippen LogP contribution in [0.5, 0.6) is 0 Å². The molecule has 3 aromatic rings. The molecule has 1 fully saturated rings. The number of carbonyl (C=O) groups excluding carboxylic acids is 1. The van der Waals surface area contributed by atoms with Crippen molar-refractivity contribution < 1.29 is 18.3 Å². The molecular weight excluding hydrogens is 464 g/mol. The lowest BCUT2D eigenvalue weighted by molar-refractivity contribution is 0.0391. The van der Waals surface area contributed by atoms with Crippen LogP contribution in [0, 0.1) is 11.6 Å². The topological polar surface area (TPSA) is 45.7 Å². The van der Waals surface area contributed by atoms with E-state index in [9.17, 15) is 13.6 Å². The van der Waals surface area contributed by atoms with Crippen LogP contribution in [-0.4, -0.2) is 55.2 Å². The van der Waals surface area contributed by atoms with Gasteiger partial charge in [-0.2, -0.15) is 0 Å². The van der Waals surface area contributed by atoms with E-state index in [2.05, 4.69) is 25.8 Å². The lowest BCUT2D eigenvalue weighted by atomic mass is 10.2. The minimum absolute atomic E-state index is 0.0754. The molecular formula is C20H18BrF2N3O2S. The van der Waals surface area contributed by atoms with Gasteiger partial charge in [0.25, 0.3) is 5.91 Å². The highest BCUT2D eigenvalue weighted by Gasteiger charge is 2.24. The molecule has 0 spiro atoms. The highest BCUT2D eigenvalue weighted by atomic mass is 79.9. The van der Waals surface area contributed by atoms with Crippen molar-refractivity contribution in [2.24, 2.45) is 0 Å². The minimum Gasteiger partial charge on any atom is -0.379 e. The summed E-state index contributed by atoms with van der Waals surface area (Å²) in [5.74, 6) is -1.62. The number of thiazole rings is 1. The van der Waals surface area contributed by atoms with Gasteiger partial charge in [-0.3, -0.25) is 14.6 Å². The summed E-state index contributed by atoms with van der Waals surface area (Å²) >= 11 is 4.47. The summed E-state index contributed by atoms with van der Waals surface area (Å²) in [5.41, 5.74) is 0.576. The Morgan fingerprint density at radius 3 is 2.66 bits per heavy atom. The Kier molecular flexibility index (Phi) is 6.19. The summed E-state index contributed by atoms with van der Waals surface area (Å²) in [6.07, 6.45) is 0. The third-order valence-corrected chi connectivity index (χ3v) is 6.27. The number of carbonyl (C=O) groups is 1. The van der Waals surface area contributed by atoms with Crippen molar-refractivity contribution in [2.75, 3.05) is 44.3 Å². The van der Waals surface area contributed by atoms with Gasteiger partial charge in [0, 0.05) is 42.3 Å². The quantitative estimate of drug-likeness (QED) is 0.544. The molecule has 1 saturated heterocycles. The zero-order chi connectivity index (χ0) is 20.4. The molecule has 152 valence electrons. The van der Waals surface area contributed by atoms with Gasteiger partial charge in [-0.25, -0.2) is 13.8 Å². The number of ether oxygens (including phenoxy) is 1. The van der Waals surface area contributed by atoms with Crippen LogP contribution in [0.1, 0.15) is 10.4 Å². The fourth-order valence-electron chi connectivity index (χ4n) is 3.16. The Morgan fingerprint density at radius 1 is 1.21 bits per heavy atom. The van der Waals surface area contributed by atoms with Crippen LogP contribution in [-0.2, 0) is 4.74 Å². The number of fused-ring (bicyclic) bond motifs is 1. The lowest BCUT2D eigenvalue weighted by Crippen LogP contribution is -2.43. The number of nitrogens with zero attached hydrogens (tertiary/aromatic N) is 3. The standard InChI is InChI=1S/C20H18BrF2N3O2S/c21-14-3-1-13(2-4-14)19(27)26(6-5-25-7-9-28-10-8-25)20-24-18-16(23)11-15(22)12-17(18)29-20/h1-4,11-12H,5-10H2. The summed E-state index contributed by atoms with van der Waals surface area (Å²) in [6, 6.07) is 9.08. The molecule has 1 aliphatic heterocycles. The number of hydrogen-bond donors (Lipinski definition) is 0. The van der Waals surface area contributed by atoms with Crippen LogP contribution in [0.4, 0.5) is 13.9 Å². The highest BCUT2D eigenvalue weighted by Crippen LogP contribution is 2.32. The predicted octanol–water partition coefficient (Wildman–Crippen LogP) is 4.32. The predicted molar refractivity (Wildman–Crippen MR) is 113 cm³/mol. The zero-order valence-corrected chi connectivity index (χ0v) is 17.8. The average Bonchev–Trinajstić information content (AvgIpc) is 3.13. The van der Waals surface area contributed by atoms with Crippen LogP contribution < -0.4 is 4.90 Å². The van der Waals surface area contributed by atoms with Gasteiger partial charge in [0.1, 0.15) is 11.3 Å². The number of amides is 1. The van der Waals surface area contributed by atoms with E-state index in [0.717, 1.165) is 35.0 Å². The molecule has 4 rings (SSSR count). The van der Waals surface area contributed by atoms with E-state index in [1.54, 1.807) is 29.2 Å². The first-order chi connectivity index (χ1) is 14.0. The van der Waals surface area contributed by atoms with E-state index in [1.807, 2.05) is 0 Å². The first-order valence-electron chi connectivity index (χ1n) is 9.14. The van der Waals surface area contributed by atoms with E-state index >= 15 is 0 Å². The number of aromatic nitrogens is 1. The number of rotatable bonds is 5. The lowest BCUT2D eigenvalue weighted by Gasteiger charge is -2.29. The van der Waals surface area contributed by atoms with Crippen LogP contribution in [0.2, 0.25) is 0 Å². The number of hydrogen-bond acceptors (Lipinski definition) is 5. The van der Waals surface area contributed by atoms with E-state index in [0.29, 0.717) is 41.7 Å². The van der Waals surface area contributed by atoms with Crippen LogP contribution in [0.25, 0.3) is 10.2 Å². The second-order valence-electron chi connectivity index (χ2n) is 6.65. The van der Waals surface area contributed by atoms with E-state index < -0.39 is 11.6 Å². The summed E-state index contributed by atoms with van der Waals surface area (Å²) < 4.78 is 34.3. The van der Waals surface area contributed by atoms with Gasteiger partial charge in [-0.1, -0.05) is 27.3 Å². The minimum atomic E-state index is -0.730. The normalized spacial score (nSPS) is 15.0. The largest absolute Gasteiger partial charge is 0.379 e. The molecule has 29 heavy (non-hydrogen) atoms. The second kappa shape index (κ2) is 8.83. The Balaban J connectivity index is 1.66. The zero-order valence-electron chi connectivity index (χ0n) is 15.4. The van der Waals surface area contributed by atoms with Gasteiger partial charge in [0.15, 0.2) is 10.9 Å². The molecule has 9 heteroatoms. The van der Waals surface area contributed by atoms with Crippen LogP contribution in [0.15, 0.2) is 40.9 Å². The smallest absolute Gasteiger partial charge is 0.260 e. The Labute approximate surface area is 179 Å². The SMILES string of the molecule is O=C(c1ccc(Br)cc1)N(CCN1CCOCC1)c1nc2c(F)cc(F)cc2s1. The molecule has 2 aromatic carbocycles. The van der Waals surface area contributed by atoms with Crippen molar-refractivity contribution in [3.63, 3.8) is 0 Å². The molecule has 1 aromatic heterocycles. The van der Waals surface area contributed by atoms with Gasteiger partial charge in [0.2, 0.25) is 0 Å². The monoisotopic (exact) mass is 481 g/mol. The Morgan fingerprint density at radius 2 is 1.93 bits per heavy atom. The third kappa shape index (κ3) is 4.63. The summed E-state index contributed by atoms with van der Waals surface area (Å²) in [6.45, 7) is 3.93. The van der Waals surface area contributed by atoms with Gasteiger partial charge < -0.3 is 4.74 Å². The van der Waals surface area contributed by atoms with Gasteiger partial charge in [0.05, 0.1) is 17.9 Å². The highest BCUT2D eigenvalue weighted by molar-refractivity contribution is 9.10. The summed E-state index contributed by atoms with van der Waals surface area (Å²) in [7, 11) is 0. The number of anilines is 1. The summed E-state index contributed by atoms with van der Waals surface area (Å²) in [4.78, 5) is 21.3. The molecule has 1 aliphatic rings. The Hall–Kier alpha value is -1.94.